The van der Waals surface area contributed by atoms with Crippen LogP contribution in [0.3, 0.4) is 0 Å². The molecule has 0 saturated carbocycles. The van der Waals surface area contributed by atoms with Crippen LogP contribution in [0.15, 0.2) is 12.1 Å². The van der Waals surface area contributed by atoms with E-state index >= 15 is 0 Å². The molecule has 100 valence electrons. The van der Waals surface area contributed by atoms with Gasteiger partial charge in [0.05, 0.1) is 17.6 Å². The van der Waals surface area contributed by atoms with Gasteiger partial charge in [-0.25, -0.2) is 0 Å². The molecule has 0 aromatic heterocycles. The lowest BCUT2D eigenvalue weighted by Gasteiger charge is -2.24. The first kappa shape index (κ1) is 14.0. The van der Waals surface area contributed by atoms with Crippen LogP contribution in [0.2, 0.25) is 0 Å². The van der Waals surface area contributed by atoms with Crippen molar-refractivity contribution < 1.29 is 28.0 Å². The van der Waals surface area contributed by atoms with Crippen molar-refractivity contribution in [3.05, 3.63) is 33.0 Å². The van der Waals surface area contributed by atoms with Gasteiger partial charge in [0.15, 0.2) is 0 Å². The van der Waals surface area contributed by atoms with Gasteiger partial charge >= 0.3 is 11.9 Å². The van der Waals surface area contributed by atoms with E-state index in [9.17, 15) is 28.5 Å². The van der Waals surface area contributed by atoms with Crippen LogP contribution in [0.4, 0.5) is 24.5 Å². The Labute approximate surface area is 97.7 Å². The monoisotopic (exact) mass is 267 g/mol. The van der Waals surface area contributed by atoms with Crippen LogP contribution in [-0.4, -0.2) is 17.2 Å². The standard InChI is InChI=1S/C8H6F3N2O5/c1-18-7-5(12(14)15)2-4(8(9,10)11)3-6(7)13(16)17/h2-3,14H,1H3/q-1. The molecule has 7 nitrogen and oxygen atoms in total. The summed E-state index contributed by atoms with van der Waals surface area (Å²) in [4.78, 5) is 9.44. The molecule has 1 N–H and O–H groups in total. The second-order valence-corrected chi connectivity index (χ2v) is 3.08. The van der Waals surface area contributed by atoms with Crippen molar-refractivity contribution in [3.63, 3.8) is 0 Å². The molecule has 0 atom stereocenters. The Bertz CT molecular complexity index is 475. The fourth-order valence-corrected chi connectivity index (χ4v) is 1.25. The number of hydrogen-bond acceptors (Lipinski definition) is 6. The first-order valence-corrected chi connectivity index (χ1v) is 4.28. The molecule has 0 amide bonds. The smallest absolute Gasteiger partial charge is 0.416 e. The molecule has 0 heterocycles. The average Bonchev–Trinajstić information content (AvgIpc) is 2.25. The highest BCUT2D eigenvalue weighted by Crippen LogP contribution is 2.42. The minimum absolute atomic E-state index is 0.214. The lowest BCUT2D eigenvalue weighted by Crippen LogP contribution is -2.13. The van der Waals surface area contributed by atoms with Gasteiger partial charge in [-0.3, -0.25) is 15.3 Å². The highest BCUT2D eigenvalue weighted by Gasteiger charge is 2.35. The van der Waals surface area contributed by atoms with Gasteiger partial charge in [-0.15, -0.1) is 0 Å². The van der Waals surface area contributed by atoms with Gasteiger partial charge < -0.3 is 15.2 Å². The van der Waals surface area contributed by atoms with Crippen LogP contribution in [0, 0.1) is 15.3 Å². The SMILES string of the molecule is COc1c(N([O-])O)cc(C(F)(F)F)cc1[N+](=O)[O-]. The van der Waals surface area contributed by atoms with E-state index in [0.717, 1.165) is 7.11 Å². The fraction of sp³-hybridized carbons (Fsp3) is 0.250. The summed E-state index contributed by atoms with van der Waals surface area (Å²) < 4.78 is 41.8. The van der Waals surface area contributed by atoms with Gasteiger partial charge in [0.1, 0.15) is 5.69 Å². The molecule has 0 unspecified atom stereocenters. The minimum atomic E-state index is -4.90. The van der Waals surface area contributed by atoms with Crippen LogP contribution < -0.4 is 9.96 Å². The maximum absolute atomic E-state index is 12.4. The van der Waals surface area contributed by atoms with Crippen LogP contribution >= 0.6 is 0 Å². The van der Waals surface area contributed by atoms with Crippen molar-refractivity contribution in [2.75, 3.05) is 12.3 Å². The zero-order chi connectivity index (χ0) is 14.1. The third-order valence-corrected chi connectivity index (χ3v) is 1.98. The second kappa shape index (κ2) is 4.66. The van der Waals surface area contributed by atoms with Gasteiger partial charge in [0.2, 0.25) is 5.75 Å². The number of nitro benzene ring substituents is 1. The maximum atomic E-state index is 12.4. The van der Waals surface area contributed by atoms with E-state index in [2.05, 4.69) is 4.74 Å². The van der Waals surface area contributed by atoms with Gasteiger partial charge in [0.25, 0.3) is 0 Å². The van der Waals surface area contributed by atoms with E-state index in [4.69, 9.17) is 5.21 Å². The van der Waals surface area contributed by atoms with Gasteiger partial charge in [-0.1, -0.05) is 0 Å². The van der Waals surface area contributed by atoms with Crippen molar-refractivity contribution in [1.82, 2.24) is 0 Å². The number of nitrogens with zero attached hydrogens (tertiary/aromatic N) is 2. The van der Waals surface area contributed by atoms with Crippen molar-refractivity contribution in [2.24, 2.45) is 0 Å². The number of hydrogen-bond donors (Lipinski definition) is 1. The molecule has 10 heteroatoms. The highest BCUT2D eigenvalue weighted by molar-refractivity contribution is 5.68. The summed E-state index contributed by atoms with van der Waals surface area (Å²) in [7, 11) is 0.919. The first-order valence-electron chi connectivity index (χ1n) is 4.28. The fourth-order valence-electron chi connectivity index (χ4n) is 1.25. The number of methoxy groups -OCH3 is 1. The zero-order valence-corrected chi connectivity index (χ0v) is 8.76. The Morgan fingerprint density at radius 3 is 2.33 bits per heavy atom. The van der Waals surface area contributed by atoms with Crippen LogP contribution in [0.5, 0.6) is 5.75 Å². The molecule has 0 bridgehead atoms. The van der Waals surface area contributed by atoms with E-state index in [1.54, 1.807) is 0 Å². The third-order valence-electron chi connectivity index (χ3n) is 1.98. The summed E-state index contributed by atoms with van der Waals surface area (Å²) in [6.45, 7) is 0. The van der Waals surface area contributed by atoms with E-state index in [-0.39, 0.29) is 12.1 Å². The molecule has 1 rings (SSSR count). The molecule has 1 aromatic carbocycles. The first-order chi connectivity index (χ1) is 8.18. The Morgan fingerprint density at radius 1 is 1.44 bits per heavy atom. The third kappa shape index (κ3) is 2.60. The molecule has 0 radical (unpaired) electrons. The molecule has 18 heavy (non-hydrogen) atoms. The molecule has 0 spiro atoms. The summed E-state index contributed by atoms with van der Waals surface area (Å²) in [5.41, 5.74) is -3.52. The van der Waals surface area contributed by atoms with Crippen LogP contribution in [0.1, 0.15) is 5.56 Å². The quantitative estimate of drug-likeness (QED) is 0.666. The molecule has 0 fully saturated rings. The molecule has 0 aliphatic heterocycles. The summed E-state index contributed by atoms with van der Waals surface area (Å²) >= 11 is 0. The predicted octanol–water partition coefficient (Wildman–Crippen LogP) is 2.32. The Morgan fingerprint density at radius 2 is 2.00 bits per heavy atom. The van der Waals surface area contributed by atoms with Crippen molar-refractivity contribution in [3.8, 4) is 5.75 Å². The number of ether oxygens (including phenoxy) is 1. The van der Waals surface area contributed by atoms with E-state index in [1.807, 2.05) is 0 Å². The summed E-state index contributed by atoms with van der Waals surface area (Å²) in [5.74, 6) is -0.759. The minimum Gasteiger partial charge on any atom is -0.733 e. The lowest BCUT2D eigenvalue weighted by molar-refractivity contribution is -0.386. The van der Waals surface area contributed by atoms with Gasteiger partial charge in [0, 0.05) is 6.07 Å². The number of anilines is 1. The summed E-state index contributed by atoms with van der Waals surface area (Å²) in [5, 5.41) is 29.0. The Hall–Kier alpha value is -2.07. The van der Waals surface area contributed by atoms with Gasteiger partial charge in [-0.2, -0.15) is 13.2 Å². The van der Waals surface area contributed by atoms with Crippen molar-refractivity contribution >= 4 is 11.4 Å². The van der Waals surface area contributed by atoms with Crippen molar-refractivity contribution in [2.45, 2.75) is 6.18 Å². The predicted molar refractivity (Wildman–Crippen MR) is 52.3 cm³/mol. The highest BCUT2D eigenvalue weighted by atomic mass is 19.4. The Kier molecular flexibility index (Phi) is 3.62. The maximum Gasteiger partial charge on any atom is 0.416 e. The normalized spacial score (nSPS) is 11.2. The molecule has 0 aliphatic carbocycles. The zero-order valence-electron chi connectivity index (χ0n) is 8.76. The van der Waals surface area contributed by atoms with E-state index in [1.165, 1.54) is 0 Å². The largest absolute Gasteiger partial charge is 0.733 e. The van der Waals surface area contributed by atoms with E-state index in [0.29, 0.717) is 0 Å². The molecular weight excluding hydrogens is 261 g/mol. The number of benzene rings is 1. The van der Waals surface area contributed by atoms with Gasteiger partial charge in [-0.05, 0) is 6.07 Å². The lowest BCUT2D eigenvalue weighted by atomic mass is 10.1. The molecule has 0 aliphatic rings. The number of alkyl halides is 3. The molecule has 1 aromatic rings. The van der Waals surface area contributed by atoms with Crippen LogP contribution in [0.25, 0.3) is 0 Å². The topological polar surface area (TPSA) is 98.9 Å². The summed E-state index contributed by atoms with van der Waals surface area (Å²) in [6.07, 6.45) is -4.90. The van der Waals surface area contributed by atoms with Crippen molar-refractivity contribution in [1.29, 1.82) is 0 Å². The molecular formula is C8H6F3N2O5-. The number of rotatable bonds is 3. The summed E-state index contributed by atoms with van der Waals surface area (Å²) in [6, 6.07) is 0.463. The second-order valence-electron chi connectivity index (χ2n) is 3.08. The van der Waals surface area contributed by atoms with E-state index < -0.39 is 39.0 Å². The number of halogens is 3. The number of nitro groups is 1. The van der Waals surface area contributed by atoms with Crippen LogP contribution in [-0.2, 0) is 6.18 Å². The average molecular weight is 267 g/mol. The Balaban J connectivity index is 3.59. The molecule has 0 saturated heterocycles.